The molecule has 7 aromatic rings. The molecule has 11 rings (SSSR count). The third kappa shape index (κ3) is 5.95. The van der Waals surface area contributed by atoms with Gasteiger partial charge in [0.2, 0.25) is 0 Å². The van der Waals surface area contributed by atoms with Crippen LogP contribution in [0.25, 0.3) is 82.8 Å². The first-order valence-electron chi connectivity index (χ1n) is 21.6. The van der Waals surface area contributed by atoms with E-state index in [0.717, 1.165) is 37.1 Å². The molecule has 0 unspecified atom stereocenters. The molecule has 1 nitrogen and oxygen atoms in total. The summed E-state index contributed by atoms with van der Waals surface area (Å²) in [6.45, 7) is 7.02. The number of hydrogen-bond donors (Lipinski definition) is 0. The number of hydrogen-bond acceptors (Lipinski definition) is 1. The second-order valence-electron chi connectivity index (χ2n) is 16.2. The highest BCUT2D eigenvalue weighted by atomic mass is 14.7. The summed E-state index contributed by atoms with van der Waals surface area (Å²) in [5.74, 6) is 0. The molecule has 7 aromatic carbocycles. The Morgan fingerprint density at radius 1 is 0.557 bits per heavy atom. The van der Waals surface area contributed by atoms with Crippen LogP contribution in [-0.2, 0) is 0 Å². The second-order valence-corrected chi connectivity index (χ2v) is 16.2. The Balaban J connectivity index is 1.31. The summed E-state index contributed by atoms with van der Waals surface area (Å²) in [5.41, 5.74) is 22.9. The molecule has 4 aliphatic rings. The average Bonchev–Trinajstić information content (AvgIpc) is 3.83. The van der Waals surface area contributed by atoms with E-state index < -0.39 is 0 Å². The third-order valence-corrected chi connectivity index (χ3v) is 12.9. The number of aliphatic imine (C=N–C) groups is 1. The number of dihydropyridines is 1. The lowest BCUT2D eigenvalue weighted by atomic mass is 9.81. The summed E-state index contributed by atoms with van der Waals surface area (Å²) in [7, 11) is 0. The van der Waals surface area contributed by atoms with Crippen molar-refractivity contribution in [1.82, 2.24) is 0 Å². The van der Waals surface area contributed by atoms with Crippen LogP contribution in [0.15, 0.2) is 217 Å². The summed E-state index contributed by atoms with van der Waals surface area (Å²) >= 11 is 0. The van der Waals surface area contributed by atoms with Crippen LogP contribution in [0.5, 0.6) is 0 Å². The lowest BCUT2D eigenvalue weighted by molar-refractivity contribution is 0.994. The van der Waals surface area contributed by atoms with Crippen LogP contribution in [0.4, 0.5) is 0 Å². The van der Waals surface area contributed by atoms with Gasteiger partial charge in [-0.05, 0) is 149 Å². The summed E-state index contributed by atoms with van der Waals surface area (Å²) in [6.07, 6.45) is 24.6. The van der Waals surface area contributed by atoms with E-state index in [4.69, 9.17) is 4.99 Å². The van der Waals surface area contributed by atoms with E-state index in [2.05, 4.69) is 202 Å². The minimum atomic E-state index is 0.807. The molecule has 3 aliphatic carbocycles. The Hall–Kier alpha value is -7.35. The molecular formula is C60H45N. The van der Waals surface area contributed by atoms with Crippen LogP contribution in [0.2, 0.25) is 0 Å². The van der Waals surface area contributed by atoms with Crippen LogP contribution >= 0.6 is 0 Å². The first-order valence-corrected chi connectivity index (χ1v) is 21.6. The SMILES string of the molecule is C=C\C=C/C(=C\C)C1=C2\C(=C(\c3ccccc3)C/C=C\C=C/C\1)c1ccc3c4c(ccc2c14)-c1c-3c(-c2ccccc2)c2ccc(C3=NCCC=C3)cc2c1-c1ccccc1. The van der Waals surface area contributed by atoms with Crippen molar-refractivity contribution in [1.29, 1.82) is 0 Å². The standard InChI is InChI=1S/C60H45N/c1-3-5-21-39(4-2)44-28-17-6-7-18-29-45(40-22-11-8-12-23-40)56-48-34-35-49-58-50(36-33-47(55(44)56)57(48)58)60-54(42-26-15-10-16-27-42)51-38-43(52-30-19-20-37-61-52)31-32-46(51)53(59(49)60)41-24-13-9-14-25-41/h3-19,21-27,30-36,38H,1,20,28-29,37H2,2H3/b17-6-,18-7-,21-5-,39-4+,55-44-,56-45+. The molecule has 290 valence electrons. The van der Waals surface area contributed by atoms with E-state index in [-0.39, 0.29) is 0 Å². The van der Waals surface area contributed by atoms with Gasteiger partial charge < -0.3 is 0 Å². The predicted octanol–water partition coefficient (Wildman–Crippen LogP) is 16.0. The molecule has 0 bridgehead atoms. The molecule has 0 aromatic heterocycles. The maximum atomic E-state index is 4.98. The van der Waals surface area contributed by atoms with Crippen LogP contribution in [0.1, 0.15) is 48.4 Å². The Morgan fingerprint density at radius 3 is 1.77 bits per heavy atom. The van der Waals surface area contributed by atoms with E-state index >= 15 is 0 Å². The zero-order valence-corrected chi connectivity index (χ0v) is 34.5. The average molecular weight is 780 g/mol. The topological polar surface area (TPSA) is 12.4 Å². The molecule has 1 aliphatic heterocycles. The Labute approximate surface area is 358 Å². The van der Waals surface area contributed by atoms with Gasteiger partial charge >= 0.3 is 0 Å². The molecule has 0 atom stereocenters. The molecule has 0 saturated carbocycles. The Kier molecular flexibility index (Phi) is 9.24. The van der Waals surface area contributed by atoms with Crippen molar-refractivity contribution in [3.8, 4) is 44.5 Å². The summed E-state index contributed by atoms with van der Waals surface area (Å²) in [6, 6.07) is 50.0. The van der Waals surface area contributed by atoms with Crippen molar-refractivity contribution in [2.75, 3.05) is 6.54 Å². The third-order valence-electron chi connectivity index (χ3n) is 12.9. The van der Waals surface area contributed by atoms with Crippen molar-refractivity contribution < 1.29 is 0 Å². The fourth-order valence-electron chi connectivity index (χ4n) is 10.4. The molecule has 0 radical (unpaired) electrons. The smallest absolute Gasteiger partial charge is 0.0643 e. The molecule has 1 heterocycles. The van der Waals surface area contributed by atoms with E-state index in [1.54, 1.807) is 0 Å². The van der Waals surface area contributed by atoms with E-state index in [1.165, 1.54) is 111 Å². The van der Waals surface area contributed by atoms with Gasteiger partial charge in [0.15, 0.2) is 0 Å². The van der Waals surface area contributed by atoms with E-state index in [1.807, 2.05) is 6.08 Å². The number of rotatable bonds is 7. The minimum Gasteiger partial charge on any atom is -0.284 e. The summed E-state index contributed by atoms with van der Waals surface area (Å²) in [4.78, 5) is 4.98. The second kappa shape index (κ2) is 15.4. The van der Waals surface area contributed by atoms with Crippen molar-refractivity contribution in [3.63, 3.8) is 0 Å². The first-order chi connectivity index (χ1) is 30.2. The molecule has 0 N–H and O–H groups in total. The Morgan fingerprint density at radius 2 is 1.15 bits per heavy atom. The maximum absolute atomic E-state index is 4.98. The minimum absolute atomic E-state index is 0.807. The van der Waals surface area contributed by atoms with Crippen molar-refractivity contribution in [2.24, 2.45) is 4.99 Å². The zero-order chi connectivity index (χ0) is 40.9. The summed E-state index contributed by atoms with van der Waals surface area (Å²) in [5, 5.41) is 5.20. The number of allylic oxidation sites excluding steroid dienone is 14. The van der Waals surface area contributed by atoms with Gasteiger partial charge in [-0.15, -0.1) is 0 Å². The quantitative estimate of drug-likeness (QED) is 0.143. The van der Waals surface area contributed by atoms with Crippen LogP contribution in [0.3, 0.4) is 0 Å². The van der Waals surface area contributed by atoms with Crippen LogP contribution < -0.4 is 0 Å². The van der Waals surface area contributed by atoms with Gasteiger partial charge in [-0.2, -0.15) is 0 Å². The fraction of sp³-hybridized carbons (Fsp3) is 0.0833. The molecule has 1 heteroatoms. The van der Waals surface area contributed by atoms with Crippen molar-refractivity contribution >= 4 is 44.0 Å². The van der Waals surface area contributed by atoms with Gasteiger partial charge in [0.05, 0.1) is 5.71 Å². The first kappa shape index (κ1) is 36.7. The molecule has 0 spiro atoms. The predicted molar refractivity (Wildman–Crippen MR) is 263 cm³/mol. The Bertz CT molecular complexity index is 3210. The van der Waals surface area contributed by atoms with Gasteiger partial charge in [0, 0.05) is 12.1 Å². The van der Waals surface area contributed by atoms with Crippen molar-refractivity contribution in [3.05, 3.63) is 234 Å². The van der Waals surface area contributed by atoms with E-state index in [0.29, 0.717) is 0 Å². The number of fused-ring (bicyclic) bond motifs is 7. The van der Waals surface area contributed by atoms with Crippen LogP contribution in [-0.4, -0.2) is 12.3 Å². The normalized spacial score (nSPS) is 19.0. The molecule has 0 fully saturated rings. The molecule has 61 heavy (non-hydrogen) atoms. The van der Waals surface area contributed by atoms with Gasteiger partial charge in [0.1, 0.15) is 0 Å². The van der Waals surface area contributed by atoms with Gasteiger partial charge in [-0.25, -0.2) is 0 Å². The fourth-order valence-corrected chi connectivity index (χ4v) is 10.4. The lowest BCUT2D eigenvalue weighted by Crippen LogP contribution is -2.03. The monoisotopic (exact) mass is 779 g/mol. The number of benzene rings is 7. The molecule has 0 amide bonds. The van der Waals surface area contributed by atoms with Crippen LogP contribution in [0, 0.1) is 0 Å². The molecular weight excluding hydrogens is 735 g/mol. The molecule has 0 saturated heterocycles. The van der Waals surface area contributed by atoms with Crippen molar-refractivity contribution in [2.45, 2.75) is 26.2 Å². The highest BCUT2D eigenvalue weighted by Gasteiger charge is 2.37. The van der Waals surface area contributed by atoms with E-state index in [9.17, 15) is 0 Å². The highest BCUT2D eigenvalue weighted by Crippen LogP contribution is 2.62. The van der Waals surface area contributed by atoms with Gasteiger partial charge in [-0.1, -0.05) is 189 Å². The van der Waals surface area contributed by atoms with Gasteiger partial charge in [-0.3, -0.25) is 4.99 Å². The highest BCUT2D eigenvalue weighted by molar-refractivity contribution is 6.35. The zero-order valence-electron chi connectivity index (χ0n) is 34.5. The largest absolute Gasteiger partial charge is 0.284 e. The van der Waals surface area contributed by atoms with Gasteiger partial charge in [0.25, 0.3) is 0 Å². The number of nitrogens with zero attached hydrogens (tertiary/aromatic N) is 1. The summed E-state index contributed by atoms with van der Waals surface area (Å²) < 4.78 is 0. The lowest BCUT2D eigenvalue weighted by Gasteiger charge is -2.21. The maximum Gasteiger partial charge on any atom is 0.0643 e.